The predicted molar refractivity (Wildman–Crippen MR) is 86.6 cm³/mol. The Morgan fingerprint density at radius 1 is 1.19 bits per heavy atom. The largest absolute Gasteiger partial charge is 0.393 e. The molecule has 0 fully saturated rings. The van der Waals surface area contributed by atoms with Gasteiger partial charge in [0.2, 0.25) is 0 Å². The molecule has 0 radical (unpaired) electrons. The third kappa shape index (κ3) is 3.73. The topological polar surface area (TPSA) is 38.1 Å². The Balaban J connectivity index is 1.99. The van der Waals surface area contributed by atoms with Crippen LogP contribution in [0.2, 0.25) is 0 Å². The molecule has 2 rings (SSSR count). The lowest BCUT2D eigenvalue weighted by Crippen LogP contribution is -2.13. The molecule has 1 atom stereocenters. The monoisotopic (exact) mass is 286 g/mol. The summed E-state index contributed by atoms with van der Waals surface area (Å²) in [5.41, 5.74) is 7.31. The third-order valence-corrected chi connectivity index (χ3v) is 4.35. The minimum absolute atomic E-state index is 0.301. The van der Waals surface area contributed by atoms with Gasteiger partial charge in [-0.2, -0.15) is 5.10 Å². The van der Waals surface area contributed by atoms with Crippen molar-refractivity contribution in [3.63, 3.8) is 0 Å². The summed E-state index contributed by atoms with van der Waals surface area (Å²) in [4.78, 5) is 0. The Kier molecular flexibility index (Phi) is 4.84. The van der Waals surface area contributed by atoms with Crippen LogP contribution in [0.4, 0.5) is 0 Å². The van der Waals surface area contributed by atoms with Gasteiger partial charge in [-0.1, -0.05) is 23.8 Å². The number of aliphatic hydroxyl groups is 1. The number of aromatic nitrogens is 2. The highest BCUT2D eigenvalue weighted by molar-refractivity contribution is 5.31. The van der Waals surface area contributed by atoms with Crippen LogP contribution in [0.5, 0.6) is 0 Å². The van der Waals surface area contributed by atoms with Crippen LogP contribution in [0.1, 0.15) is 40.1 Å². The maximum absolute atomic E-state index is 10.3. The molecule has 21 heavy (non-hydrogen) atoms. The first-order valence-corrected chi connectivity index (χ1v) is 7.61. The summed E-state index contributed by atoms with van der Waals surface area (Å²) in [6.07, 6.45) is 2.09. The van der Waals surface area contributed by atoms with Crippen molar-refractivity contribution in [1.29, 1.82) is 0 Å². The summed E-state index contributed by atoms with van der Waals surface area (Å²) >= 11 is 0. The molecule has 0 amide bonds. The molecule has 114 valence electrons. The van der Waals surface area contributed by atoms with Crippen molar-refractivity contribution in [3.8, 4) is 0 Å². The van der Waals surface area contributed by atoms with E-state index in [1.807, 2.05) is 18.7 Å². The van der Waals surface area contributed by atoms with Gasteiger partial charge in [-0.15, -0.1) is 0 Å². The van der Waals surface area contributed by atoms with Crippen LogP contribution >= 0.6 is 0 Å². The normalized spacial score (nSPS) is 12.7. The molecule has 0 saturated carbocycles. The van der Waals surface area contributed by atoms with E-state index in [4.69, 9.17) is 0 Å². The van der Waals surface area contributed by atoms with E-state index >= 15 is 0 Å². The van der Waals surface area contributed by atoms with Crippen molar-refractivity contribution in [2.24, 2.45) is 7.05 Å². The van der Waals surface area contributed by atoms with E-state index < -0.39 is 0 Å². The van der Waals surface area contributed by atoms with Crippen molar-refractivity contribution in [3.05, 3.63) is 51.8 Å². The fourth-order valence-corrected chi connectivity index (χ4v) is 2.87. The molecule has 1 N–H and O–H groups in total. The highest BCUT2D eigenvalue weighted by atomic mass is 16.3. The van der Waals surface area contributed by atoms with E-state index in [-0.39, 0.29) is 6.10 Å². The molecule has 3 nitrogen and oxygen atoms in total. The Morgan fingerprint density at radius 2 is 1.90 bits per heavy atom. The van der Waals surface area contributed by atoms with E-state index in [0.717, 1.165) is 25.0 Å². The zero-order valence-electron chi connectivity index (χ0n) is 13.8. The van der Waals surface area contributed by atoms with Crippen LogP contribution in [0.3, 0.4) is 0 Å². The molecule has 0 aliphatic heterocycles. The first kappa shape index (κ1) is 15.8. The fraction of sp³-hybridized carbons (Fsp3) is 0.500. The Morgan fingerprint density at radius 3 is 2.52 bits per heavy atom. The van der Waals surface area contributed by atoms with Crippen molar-refractivity contribution in [1.82, 2.24) is 9.78 Å². The van der Waals surface area contributed by atoms with Gasteiger partial charge in [0.1, 0.15) is 0 Å². The smallest absolute Gasteiger partial charge is 0.0628 e. The Labute approximate surface area is 127 Å². The second-order valence-electron chi connectivity index (χ2n) is 6.10. The molecule has 0 spiro atoms. The van der Waals surface area contributed by atoms with Crippen LogP contribution < -0.4 is 0 Å². The van der Waals surface area contributed by atoms with E-state index in [2.05, 4.69) is 44.1 Å². The summed E-state index contributed by atoms with van der Waals surface area (Å²) in [5, 5.41) is 14.8. The molecular formula is C18H26N2O. The van der Waals surface area contributed by atoms with Gasteiger partial charge < -0.3 is 5.11 Å². The highest BCUT2D eigenvalue weighted by Gasteiger charge is 2.13. The number of hydrogen-bond donors (Lipinski definition) is 1. The number of nitrogens with zero attached hydrogens (tertiary/aromatic N) is 2. The van der Waals surface area contributed by atoms with Crippen LogP contribution in [-0.4, -0.2) is 21.0 Å². The fourth-order valence-electron chi connectivity index (χ4n) is 2.87. The molecule has 0 saturated heterocycles. The van der Waals surface area contributed by atoms with Gasteiger partial charge in [-0.25, -0.2) is 0 Å². The number of aliphatic hydroxyl groups excluding tert-OH is 1. The van der Waals surface area contributed by atoms with Crippen molar-refractivity contribution < 1.29 is 5.11 Å². The average molecular weight is 286 g/mol. The lowest BCUT2D eigenvalue weighted by Gasteiger charge is -2.13. The molecule has 0 bridgehead atoms. The molecule has 0 aliphatic rings. The minimum Gasteiger partial charge on any atom is -0.393 e. The van der Waals surface area contributed by atoms with Crippen LogP contribution in [0, 0.1) is 27.7 Å². The van der Waals surface area contributed by atoms with Gasteiger partial charge in [0.05, 0.1) is 11.8 Å². The zero-order valence-corrected chi connectivity index (χ0v) is 13.8. The molecule has 1 unspecified atom stereocenters. The second-order valence-corrected chi connectivity index (χ2v) is 6.10. The predicted octanol–water partition coefficient (Wildman–Crippen LogP) is 3.19. The van der Waals surface area contributed by atoms with Crippen LogP contribution in [0.15, 0.2) is 18.2 Å². The molecule has 1 heterocycles. The van der Waals surface area contributed by atoms with E-state index in [9.17, 15) is 5.11 Å². The van der Waals surface area contributed by atoms with Crippen molar-refractivity contribution >= 4 is 0 Å². The maximum atomic E-state index is 10.3. The number of aryl methyl sites for hydroxylation is 4. The molecule has 3 heteroatoms. The SMILES string of the molecule is Cc1ccc(C)c(CC(O)CCc2c(C)nn(C)c2C)c1. The Hall–Kier alpha value is -1.61. The average Bonchev–Trinajstić information content (AvgIpc) is 2.66. The number of hydrogen-bond acceptors (Lipinski definition) is 2. The van der Waals surface area contributed by atoms with Gasteiger partial charge in [0.15, 0.2) is 0 Å². The first-order chi connectivity index (χ1) is 9.88. The van der Waals surface area contributed by atoms with Gasteiger partial charge in [0, 0.05) is 12.7 Å². The van der Waals surface area contributed by atoms with Gasteiger partial charge >= 0.3 is 0 Å². The lowest BCUT2D eigenvalue weighted by atomic mass is 9.96. The van der Waals surface area contributed by atoms with Crippen LogP contribution in [-0.2, 0) is 19.9 Å². The van der Waals surface area contributed by atoms with Gasteiger partial charge in [0.25, 0.3) is 0 Å². The second kappa shape index (κ2) is 6.44. The zero-order chi connectivity index (χ0) is 15.6. The summed E-state index contributed by atoms with van der Waals surface area (Å²) in [6.45, 7) is 8.33. The molecule has 1 aromatic heterocycles. The van der Waals surface area contributed by atoms with Crippen molar-refractivity contribution in [2.45, 2.75) is 53.1 Å². The summed E-state index contributed by atoms with van der Waals surface area (Å²) in [5.74, 6) is 0. The lowest BCUT2D eigenvalue weighted by molar-refractivity contribution is 0.165. The summed E-state index contributed by atoms with van der Waals surface area (Å²) in [6, 6.07) is 6.43. The Bertz CT molecular complexity index is 628. The van der Waals surface area contributed by atoms with Gasteiger partial charge in [-0.05, 0) is 63.6 Å². The van der Waals surface area contributed by atoms with E-state index in [0.29, 0.717) is 0 Å². The summed E-state index contributed by atoms with van der Waals surface area (Å²) in [7, 11) is 1.97. The number of benzene rings is 1. The third-order valence-electron chi connectivity index (χ3n) is 4.35. The molecule has 1 aromatic carbocycles. The van der Waals surface area contributed by atoms with Crippen LogP contribution in [0.25, 0.3) is 0 Å². The van der Waals surface area contributed by atoms with E-state index in [1.54, 1.807) is 0 Å². The van der Waals surface area contributed by atoms with Crippen molar-refractivity contribution in [2.75, 3.05) is 0 Å². The summed E-state index contributed by atoms with van der Waals surface area (Å²) < 4.78 is 1.92. The molecule has 0 aliphatic carbocycles. The minimum atomic E-state index is -0.301. The standard InChI is InChI=1S/C18H26N2O/c1-12-6-7-13(2)16(10-12)11-17(21)8-9-18-14(3)19-20(5)15(18)4/h6-7,10,17,21H,8-9,11H2,1-5H3. The quantitative estimate of drug-likeness (QED) is 0.916. The maximum Gasteiger partial charge on any atom is 0.0628 e. The first-order valence-electron chi connectivity index (χ1n) is 7.61. The molecule has 2 aromatic rings. The highest BCUT2D eigenvalue weighted by Crippen LogP contribution is 2.18. The van der Waals surface area contributed by atoms with E-state index in [1.165, 1.54) is 27.9 Å². The molecular weight excluding hydrogens is 260 g/mol. The number of rotatable bonds is 5. The van der Waals surface area contributed by atoms with Gasteiger partial charge in [-0.3, -0.25) is 4.68 Å².